The molecule has 4 heteroatoms. The Kier molecular flexibility index (Phi) is 3.08. The highest BCUT2D eigenvalue weighted by molar-refractivity contribution is 5.66. The molecule has 2 rings (SSSR count). The molecule has 0 radical (unpaired) electrons. The summed E-state index contributed by atoms with van der Waals surface area (Å²) in [6.07, 6.45) is 1.85. The number of hydrogen-bond donors (Lipinski definition) is 1. The van der Waals surface area contributed by atoms with Gasteiger partial charge in [0.2, 0.25) is 0 Å². The van der Waals surface area contributed by atoms with E-state index in [4.69, 9.17) is 5.11 Å². The smallest absolute Gasteiger partial charge is 0.407 e. The Hall–Kier alpha value is -1.58. The highest BCUT2D eigenvalue weighted by Gasteiger charge is 2.27. The topological polar surface area (TPSA) is 40.5 Å². The molecule has 0 aromatic heterocycles. The van der Waals surface area contributed by atoms with Crippen molar-refractivity contribution in [3.05, 3.63) is 35.6 Å². The van der Waals surface area contributed by atoms with E-state index in [1.54, 1.807) is 12.1 Å². The van der Waals surface area contributed by atoms with E-state index in [0.29, 0.717) is 6.54 Å². The van der Waals surface area contributed by atoms with Gasteiger partial charge < -0.3 is 10.0 Å². The lowest BCUT2D eigenvalue weighted by molar-refractivity contribution is 0.106. The van der Waals surface area contributed by atoms with Gasteiger partial charge in [-0.15, -0.1) is 0 Å². The van der Waals surface area contributed by atoms with Crippen molar-refractivity contribution in [2.45, 2.75) is 25.3 Å². The van der Waals surface area contributed by atoms with Gasteiger partial charge in [-0.25, -0.2) is 9.18 Å². The zero-order valence-corrected chi connectivity index (χ0v) is 8.90. The number of carbonyl (C=O) groups is 1. The summed E-state index contributed by atoms with van der Waals surface area (Å²) in [6.45, 7) is 0.567. The van der Waals surface area contributed by atoms with Crippen molar-refractivity contribution in [1.29, 1.82) is 0 Å². The van der Waals surface area contributed by atoms with E-state index in [1.165, 1.54) is 17.0 Å². The van der Waals surface area contributed by atoms with Gasteiger partial charge in [-0.1, -0.05) is 12.1 Å². The van der Waals surface area contributed by atoms with Crippen LogP contribution in [0.25, 0.3) is 0 Å². The van der Waals surface area contributed by atoms with Crippen LogP contribution in [0.5, 0.6) is 0 Å². The van der Waals surface area contributed by atoms with E-state index >= 15 is 0 Å². The molecule has 3 nitrogen and oxygen atoms in total. The minimum Gasteiger partial charge on any atom is -0.465 e. The Morgan fingerprint density at radius 2 is 2.00 bits per heavy atom. The molecular formula is C12H14FNO2. The summed E-state index contributed by atoms with van der Waals surface area (Å²) in [5.74, 6) is -0.290. The van der Waals surface area contributed by atoms with Crippen LogP contribution in [-0.2, 0) is 0 Å². The number of rotatable bonds is 1. The normalized spacial score (nSPS) is 20.8. The van der Waals surface area contributed by atoms with Crippen LogP contribution in [0, 0.1) is 5.82 Å². The number of halogens is 1. The molecule has 16 heavy (non-hydrogen) atoms. The third-order valence-corrected chi connectivity index (χ3v) is 3.00. The highest BCUT2D eigenvalue weighted by atomic mass is 19.1. The van der Waals surface area contributed by atoms with Gasteiger partial charge in [0.05, 0.1) is 6.04 Å². The summed E-state index contributed by atoms with van der Waals surface area (Å²) in [5, 5.41) is 9.08. The third-order valence-electron chi connectivity index (χ3n) is 3.00. The molecule has 1 aromatic carbocycles. The molecule has 1 fully saturated rings. The zero-order valence-electron chi connectivity index (χ0n) is 8.90. The van der Waals surface area contributed by atoms with Crippen molar-refractivity contribution in [2.24, 2.45) is 0 Å². The number of carboxylic acid groups (broad SMARTS) is 1. The first-order chi connectivity index (χ1) is 7.68. The summed E-state index contributed by atoms with van der Waals surface area (Å²) in [5.41, 5.74) is 0.878. The highest BCUT2D eigenvalue weighted by Crippen LogP contribution is 2.30. The summed E-state index contributed by atoms with van der Waals surface area (Å²) < 4.78 is 12.8. The van der Waals surface area contributed by atoms with Crippen LogP contribution >= 0.6 is 0 Å². The summed E-state index contributed by atoms with van der Waals surface area (Å²) in [6, 6.07) is 5.98. The van der Waals surface area contributed by atoms with Gasteiger partial charge >= 0.3 is 6.09 Å². The SMILES string of the molecule is O=C(O)N1CCCC[C@@H]1c1ccc(F)cc1. The first kappa shape index (κ1) is 10.9. The van der Waals surface area contributed by atoms with Gasteiger partial charge in [0.15, 0.2) is 0 Å². The van der Waals surface area contributed by atoms with E-state index in [-0.39, 0.29) is 11.9 Å². The molecule has 1 aliphatic heterocycles. The van der Waals surface area contributed by atoms with Gasteiger partial charge in [-0.3, -0.25) is 0 Å². The van der Waals surface area contributed by atoms with Crippen molar-refractivity contribution in [3.63, 3.8) is 0 Å². The minimum absolute atomic E-state index is 0.119. The maximum atomic E-state index is 12.8. The fourth-order valence-corrected chi connectivity index (χ4v) is 2.19. The molecule has 0 bridgehead atoms. The van der Waals surface area contributed by atoms with Crippen LogP contribution in [-0.4, -0.2) is 22.6 Å². The quantitative estimate of drug-likeness (QED) is 0.795. The molecule has 1 N–H and O–H groups in total. The Morgan fingerprint density at radius 3 is 2.62 bits per heavy atom. The van der Waals surface area contributed by atoms with E-state index in [0.717, 1.165) is 24.8 Å². The molecule has 0 saturated carbocycles. The van der Waals surface area contributed by atoms with Crippen LogP contribution in [0.15, 0.2) is 24.3 Å². The van der Waals surface area contributed by atoms with Crippen LogP contribution in [0.1, 0.15) is 30.9 Å². The van der Waals surface area contributed by atoms with Crippen molar-refractivity contribution >= 4 is 6.09 Å². The number of piperidine rings is 1. The Morgan fingerprint density at radius 1 is 1.31 bits per heavy atom. The number of benzene rings is 1. The van der Waals surface area contributed by atoms with Crippen LogP contribution in [0.4, 0.5) is 9.18 Å². The van der Waals surface area contributed by atoms with Gasteiger partial charge in [0, 0.05) is 6.54 Å². The largest absolute Gasteiger partial charge is 0.465 e. The summed E-state index contributed by atoms with van der Waals surface area (Å²) in [7, 11) is 0. The molecule has 1 heterocycles. The van der Waals surface area contributed by atoms with E-state index < -0.39 is 6.09 Å². The van der Waals surface area contributed by atoms with Crippen LogP contribution < -0.4 is 0 Å². The van der Waals surface area contributed by atoms with Crippen molar-refractivity contribution < 1.29 is 14.3 Å². The fraction of sp³-hybridized carbons (Fsp3) is 0.417. The molecule has 1 aromatic rings. The molecule has 0 unspecified atom stereocenters. The molecule has 0 spiro atoms. The number of amides is 1. The predicted molar refractivity (Wildman–Crippen MR) is 57.7 cm³/mol. The molecular weight excluding hydrogens is 209 g/mol. The van der Waals surface area contributed by atoms with Crippen molar-refractivity contribution in [1.82, 2.24) is 4.90 Å². The lowest BCUT2D eigenvalue weighted by Gasteiger charge is -2.33. The van der Waals surface area contributed by atoms with Gasteiger partial charge in [0.1, 0.15) is 5.82 Å². The number of hydrogen-bond acceptors (Lipinski definition) is 1. The average Bonchev–Trinajstić information content (AvgIpc) is 2.30. The van der Waals surface area contributed by atoms with E-state index in [9.17, 15) is 9.18 Å². The van der Waals surface area contributed by atoms with Crippen LogP contribution in [0.2, 0.25) is 0 Å². The molecule has 1 atom stereocenters. The number of nitrogens with zero attached hydrogens (tertiary/aromatic N) is 1. The van der Waals surface area contributed by atoms with Gasteiger partial charge in [0.25, 0.3) is 0 Å². The molecule has 1 amide bonds. The maximum absolute atomic E-state index is 12.8. The third kappa shape index (κ3) is 2.15. The van der Waals surface area contributed by atoms with E-state index in [2.05, 4.69) is 0 Å². The summed E-state index contributed by atoms with van der Waals surface area (Å²) in [4.78, 5) is 12.5. The van der Waals surface area contributed by atoms with Crippen molar-refractivity contribution in [3.8, 4) is 0 Å². The predicted octanol–water partition coefficient (Wildman–Crippen LogP) is 3.03. The monoisotopic (exact) mass is 223 g/mol. The van der Waals surface area contributed by atoms with Gasteiger partial charge in [-0.2, -0.15) is 0 Å². The molecule has 0 aliphatic carbocycles. The first-order valence-corrected chi connectivity index (χ1v) is 5.43. The molecule has 86 valence electrons. The van der Waals surface area contributed by atoms with Crippen molar-refractivity contribution in [2.75, 3.05) is 6.54 Å². The second-order valence-corrected chi connectivity index (χ2v) is 4.04. The second-order valence-electron chi connectivity index (χ2n) is 4.04. The Balaban J connectivity index is 2.23. The second kappa shape index (κ2) is 4.51. The lowest BCUT2D eigenvalue weighted by Crippen LogP contribution is -2.37. The Bertz CT molecular complexity index is 377. The van der Waals surface area contributed by atoms with Gasteiger partial charge in [-0.05, 0) is 37.0 Å². The Labute approximate surface area is 93.5 Å². The number of likely N-dealkylation sites (tertiary alicyclic amines) is 1. The van der Waals surface area contributed by atoms with Crippen LogP contribution in [0.3, 0.4) is 0 Å². The maximum Gasteiger partial charge on any atom is 0.407 e. The molecule has 1 saturated heterocycles. The minimum atomic E-state index is -0.894. The zero-order chi connectivity index (χ0) is 11.5. The average molecular weight is 223 g/mol. The fourth-order valence-electron chi connectivity index (χ4n) is 2.19. The standard InChI is InChI=1S/C12H14FNO2/c13-10-6-4-9(5-7-10)11-3-1-2-8-14(11)12(15)16/h4-7,11H,1-3,8H2,(H,15,16)/t11-/m1/s1. The lowest BCUT2D eigenvalue weighted by atomic mass is 9.96. The first-order valence-electron chi connectivity index (χ1n) is 5.43. The van der Waals surface area contributed by atoms with E-state index in [1.807, 2.05) is 0 Å². The summed E-state index contributed by atoms with van der Waals surface area (Å²) >= 11 is 0. The molecule has 1 aliphatic rings.